The van der Waals surface area contributed by atoms with Crippen molar-refractivity contribution in [1.29, 1.82) is 0 Å². The van der Waals surface area contributed by atoms with E-state index in [4.69, 9.17) is 0 Å². The van der Waals surface area contributed by atoms with Crippen LogP contribution in [0.2, 0.25) is 0 Å². The molecule has 0 spiro atoms. The Kier molecular flexibility index (Phi) is 2.10. The predicted octanol–water partition coefficient (Wildman–Crippen LogP) is 1.32. The maximum Gasteiger partial charge on any atom is 0.0937 e. The highest BCUT2D eigenvalue weighted by atomic mass is 127. The molecule has 1 atom stereocenters. The van der Waals surface area contributed by atoms with Crippen LogP contribution in [0.1, 0.15) is 6.92 Å². The van der Waals surface area contributed by atoms with E-state index in [1.54, 1.807) is 0 Å². The Morgan fingerprint density at radius 2 is 2.62 bits per heavy atom. The third-order valence-corrected chi connectivity index (χ3v) is 1.75. The minimum absolute atomic E-state index is 0.733. The molecule has 0 aromatic carbocycles. The largest absolute Gasteiger partial charge is 0.305 e. The van der Waals surface area contributed by atoms with Gasteiger partial charge in [0.25, 0.3) is 0 Å². The summed E-state index contributed by atoms with van der Waals surface area (Å²) in [4.78, 5) is 4.13. The third kappa shape index (κ3) is 1.61. The van der Waals surface area contributed by atoms with E-state index in [1.165, 1.54) is 0 Å². The van der Waals surface area contributed by atoms with E-state index >= 15 is 0 Å². The van der Waals surface area contributed by atoms with E-state index < -0.39 is 0 Å². The molecule has 0 saturated heterocycles. The van der Waals surface area contributed by atoms with Gasteiger partial charge in [0.05, 0.1) is 29.2 Å². The second kappa shape index (κ2) is 2.66. The minimum Gasteiger partial charge on any atom is -0.305 e. The molecule has 1 rings (SSSR count). The fourth-order valence-electron chi connectivity index (χ4n) is 0.718. The maximum absolute atomic E-state index is 4.13. The first-order valence-corrected chi connectivity index (χ1v) is 3.68. The molecule has 0 amide bonds. The molecule has 1 aliphatic rings. The van der Waals surface area contributed by atoms with Crippen LogP contribution in [0, 0.1) is 5.92 Å². The summed E-state index contributed by atoms with van der Waals surface area (Å²) in [5.41, 5.74) is 0. The van der Waals surface area contributed by atoms with Crippen LogP contribution in [0.5, 0.6) is 0 Å². The molecule has 0 aromatic heterocycles. The van der Waals surface area contributed by atoms with E-state index in [-0.39, 0.29) is 0 Å². The molecule has 8 heavy (non-hydrogen) atoms. The fourth-order valence-corrected chi connectivity index (χ4v) is 1.57. The van der Waals surface area contributed by atoms with Crippen LogP contribution >= 0.6 is 22.9 Å². The number of hydrogen-bond acceptors (Lipinski definition) is 2. The van der Waals surface area contributed by atoms with Crippen molar-refractivity contribution in [3.8, 4) is 0 Å². The Morgan fingerprint density at radius 1 is 1.88 bits per heavy atom. The van der Waals surface area contributed by atoms with Gasteiger partial charge in [0.15, 0.2) is 0 Å². The van der Waals surface area contributed by atoms with Crippen molar-refractivity contribution >= 4 is 29.2 Å². The molecule has 0 saturated carbocycles. The van der Waals surface area contributed by atoms with Crippen molar-refractivity contribution in [2.45, 2.75) is 6.92 Å². The number of aliphatic imine (C=N–C) groups is 1. The van der Waals surface area contributed by atoms with E-state index in [0.29, 0.717) is 0 Å². The third-order valence-electron chi connectivity index (χ3n) is 1.11. The van der Waals surface area contributed by atoms with Crippen molar-refractivity contribution in [2.75, 3.05) is 13.1 Å². The summed E-state index contributed by atoms with van der Waals surface area (Å²) in [6.45, 7) is 4.35. The first kappa shape index (κ1) is 6.32. The summed E-state index contributed by atoms with van der Waals surface area (Å²) < 4.78 is 2.09. The number of halogens is 1. The monoisotopic (exact) mass is 224 g/mol. The highest BCUT2D eigenvalue weighted by molar-refractivity contribution is 14.1. The molecule has 0 N–H and O–H groups in total. The topological polar surface area (TPSA) is 15.6 Å². The average Bonchev–Trinajstić information content (AvgIpc) is 1.64. The van der Waals surface area contributed by atoms with Gasteiger partial charge in [0.1, 0.15) is 0 Å². The average molecular weight is 224 g/mol. The minimum atomic E-state index is 0.733. The highest BCUT2D eigenvalue weighted by Crippen LogP contribution is 2.07. The lowest BCUT2D eigenvalue weighted by Crippen LogP contribution is -2.24. The summed E-state index contributed by atoms with van der Waals surface area (Å²) in [5.74, 6) is 0.733. The lowest BCUT2D eigenvalue weighted by molar-refractivity contribution is 0.495. The Hall–Kier alpha value is 0.200. The van der Waals surface area contributed by atoms with Gasteiger partial charge >= 0.3 is 0 Å². The van der Waals surface area contributed by atoms with Gasteiger partial charge in [-0.25, -0.2) is 0 Å². The molecule has 1 heterocycles. The zero-order valence-electron chi connectivity index (χ0n) is 4.84. The van der Waals surface area contributed by atoms with E-state index in [9.17, 15) is 0 Å². The van der Waals surface area contributed by atoms with Crippen LogP contribution in [-0.2, 0) is 0 Å². The van der Waals surface area contributed by atoms with Gasteiger partial charge in [-0.05, 0) is 5.92 Å². The summed E-state index contributed by atoms with van der Waals surface area (Å²) in [6.07, 6.45) is 1.89. The van der Waals surface area contributed by atoms with E-state index in [1.807, 2.05) is 6.34 Å². The van der Waals surface area contributed by atoms with Crippen molar-refractivity contribution in [1.82, 2.24) is 3.11 Å². The molecule has 0 aromatic rings. The zero-order valence-corrected chi connectivity index (χ0v) is 7.00. The second-order valence-electron chi connectivity index (χ2n) is 2.17. The summed E-state index contributed by atoms with van der Waals surface area (Å²) >= 11 is 2.26. The van der Waals surface area contributed by atoms with Gasteiger partial charge in [-0.1, -0.05) is 6.92 Å². The normalized spacial score (nSPS) is 28.8. The molecule has 0 radical (unpaired) electrons. The predicted molar refractivity (Wildman–Crippen MR) is 43.2 cm³/mol. The first-order valence-electron chi connectivity index (χ1n) is 2.71. The molecule has 3 heteroatoms. The zero-order chi connectivity index (χ0) is 5.98. The van der Waals surface area contributed by atoms with Gasteiger partial charge in [-0.2, -0.15) is 0 Å². The molecular formula is C5H9IN2. The smallest absolute Gasteiger partial charge is 0.0937 e. The molecule has 46 valence electrons. The van der Waals surface area contributed by atoms with Crippen LogP contribution in [0.15, 0.2) is 4.99 Å². The lowest BCUT2D eigenvalue weighted by atomic mass is 10.2. The van der Waals surface area contributed by atoms with Crippen molar-refractivity contribution in [2.24, 2.45) is 10.9 Å². The summed E-state index contributed by atoms with van der Waals surface area (Å²) in [7, 11) is 0. The standard InChI is InChI=1S/C5H9IN2/c1-5-2-7-4-8(6)3-5/h4-5H,2-3H2,1H3. The molecule has 1 unspecified atom stereocenters. The quantitative estimate of drug-likeness (QED) is 0.447. The molecule has 0 fully saturated rings. The van der Waals surface area contributed by atoms with Crippen molar-refractivity contribution < 1.29 is 0 Å². The Balaban J connectivity index is 2.42. The fraction of sp³-hybridized carbons (Fsp3) is 0.800. The number of hydrogen-bond donors (Lipinski definition) is 0. The van der Waals surface area contributed by atoms with Crippen LogP contribution in [0.25, 0.3) is 0 Å². The Morgan fingerprint density at radius 3 is 3.00 bits per heavy atom. The summed E-state index contributed by atoms with van der Waals surface area (Å²) in [6, 6.07) is 0. The van der Waals surface area contributed by atoms with Gasteiger partial charge in [0.2, 0.25) is 0 Å². The van der Waals surface area contributed by atoms with E-state index in [0.717, 1.165) is 19.0 Å². The molecular weight excluding hydrogens is 215 g/mol. The molecule has 0 bridgehead atoms. The van der Waals surface area contributed by atoms with Crippen LogP contribution in [0.3, 0.4) is 0 Å². The molecule has 0 aliphatic carbocycles. The SMILES string of the molecule is CC1CN=CN(I)C1. The van der Waals surface area contributed by atoms with Gasteiger partial charge in [0, 0.05) is 13.1 Å². The first-order chi connectivity index (χ1) is 3.79. The van der Waals surface area contributed by atoms with Crippen LogP contribution in [-0.4, -0.2) is 22.5 Å². The number of nitrogens with zero attached hydrogens (tertiary/aromatic N) is 2. The summed E-state index contributed by atoms with van der Waals surface area (Å²) in [5, 5.41) is 0. The van der Waals surface area contributed by atoms with E-state index in [2.05, 4.69) is 37.9 Å². The van der Waals surface area contributed by atoms with Crippen molar-refractivity contribution in [3.63, 3.8) is 0 Å². The van der Waals surface area contributed by atoms with Gasteiger partial charge in [-0.15, -0.1) is 0 Å². The van der Waals surface area contributed by atoms with Crippen LogP contribution in [0.4, 0.5) is 0 Å². The van der Waals surface area contributed by atoms with Gasteiger partial charge < -0.3 is 3.11 Å². The van der Waals surface area contributed by atoms with Crippen LogP contribution < -0.4 is 0 Å². The number of rotatable bonds is 0. The Bertz CT molecular complexity index is 103. The van der Waals surface area contributed by atoms with Crippen molar-refractivity contribution in [3.05, 3.63) is 0 Å². The second-order valence-corrected chi connectivity index (χ2v) is 3.41. The molecule has 2 nitrogen and oxygen atoms in total. The lowest BCUT2D eigenvalue weighted by Gasteiger charge is -2.19. The maximum atomic E-state index is 4.13. The van der Waals surface area contributed by atoms with Gasteiger partial charge in [-0.3, -0.25) is 4.99 Å². The molecule has 1 aliphatic heterocycles. The highest BCUT2D eigenvalue weighted by Gasteiger charge is 2.07. The Labute approximate surface area is 63.5 Å².